The Hall–Kier alpha value is -1.96. The van der Waals surface area contributed by atoms with Crippen molar-refractivity contribution in [3.05, 3.63) is 0 Å². The van der Waals surface area contributed by atoms with E-state index in [-0.39, 0.29) is 24.0 Å². The second kappa shape index (κ2) is 5.80. The summed E-state index contributed by atoms with van der Waals surface area (Å²) in [5.41, 5.74) is 15.4. The summed E-state index contributed by atoms with van der Waals surface area (Å²) in [6.45, 7) is 2.00. The monoisotopic (exact) mass is 173 g/mol. The molecule has 0 amide bonds. The van der Waals surface area contributed by atoms with E-state index >= 15 is 0 Å². The normalized spacial score (nSPS) is 7.33. The van der Waals surface area contributed by atoms with Crippen LogP contribution in [0.15, 0.2) is 0 Å². The van der Waals surface area contributed by atoms with Gasteiger partial charge >= 0.3 is 0 Å². The molecule has 0 fully saturated rings. The van der Waals surface area contributed by atoms with E-state index in [1.54, 1.807) is 0 Å². The van der Waals surface area contributed by atoms with Crippen LogP contribution in [0.1, 0.15) is 0 Å². The maximum atomic E-state index is 8.00. The van der Waals surface area contributed by atoms with Gasteiger partial charge in [0.1, 0.15) is 6.79 Å². The van der Waals surface area contributed by atoms with E-state index in [1.807, 2.05) is 6.79 Å². The average Bonchev–Trinajstić information content (AvgIpc) is 1.88. The third kappa shape index (κ3) is 3.95. The van der Waals surface area contributed by atoms with Gasteiger partial charge in [0.2, 0.25) is 17.8 Å². The predicted molar refractivity (Wildman–Crippen MR) is 45.2 cm³/mol. The minimum atomic E-state index is 0. The zero-order valence-corrected chi connectivity index (χ0v) is 6.40. The number of nitrogen functional groups attached to an aromatic ring is 3. The Balaban J connectivity index is 0. The minimum Gasteiger partial charge on any atom is -0.368 e. The van der Waals surface area contributed by atoms with Gasteiger partial charge in [-0.05, 0) is 0 Å². The van der Waals surface area contributed by atoms with Crippen LogP contribution >= 0.6 is 0 Å². The summed E-state index contributed by atoms with van der Waals surface area (Å²) in [5.74, 6) is 0.125. The first kappa shape index (κ1) is 12.7. The fourth-order valence-electron chi connectivity index (χ4n) is 0.427. The molecule has 0 aliphatic heterocycles. The lowest BCUT2D eigenvalue weighted by Gasteiger charge is -1.93. The zero-order chi connectivity index (χ0) is 8.85. The summed E-state index contributed by atoms with van der Waals surface area (Å²) in [7, 11) is 0. The van der Waals surface area contributed by atoms with Gasteiger partial charge in [0.05, 0.1) is 0 Å². The van der Waals surface area contributed by atoms with Crippen LogP contribution in [0.5, 0.6) is 0 Å². The van der Waals surface area contributed by atoms with Gasteiger partial charge < -0.3 is 28.1 Å². The molecule has 68 valence electrons. The van der Waals surface area contributed by atoms with Crippen molar-refractivity contribution < 1.29 is 4.79 Å². The molecule has 9 N–H and O–H groups in total. The lowest BCUT2D eigenvalue weighted by Crippen LogP contribution is -2.05. The molecule has 0 saturated heterocycles. The van der Waals surface area contributed by atoms with Crippen LogP contribution in [0.2, 0.25) is 0 Å². The Labute approximate surface area is 68.8 Å². The molecule has 0 aliphatic rings. The molecule has 8 heteroatoms. The van der Waals surface area contributed by atoms with Crippen molar-refractivity contribution in [2.75, 3.05) is 17.2 Å². The lowest BCUT2D eigenvalue weighted by atomic mass is 10.9. The highest BCUT2D eigenvalue weighted by Crippen LogP contribution is 1.97. The molecule has 12 heavy (non-hydrogen) atoms. The molecule has 0 radical (unpaired) electrons. The predicted octanol–water partition coefficient (Wildman–Crippen LogP) is -1.40. The number of hydrogen-bond donors (Lipinski definition) is 4. The number of anilines is 3. The summed E-state index contributed by atoms with van der Waals surface area (Å²) >= 11 is 0. The Bertz CT molecular complexity index is 188. The van der Waals surface area contributed by atoms with Gasteiger partial charge in [-0.3, -0.25) is 0 Å². The van der Waals surface area contributed by atoms with Crippen LogP contribution in [0.25, 0.3) is 0 Å². The third-order valence-corrected chi connectivity index (χ3v) is 0.687. The molecule has 1 rings (SSSR count). The van der Waals surface area contributed by atoms with Crippen molar-refractivity contribution in [2.24, 2.45) is 0 Å². The van der Waals surface area contributed by atoms with E-state index in [2.05, 4.69) is 15.0 Å². The van der Waals surface area contributed by atoms with Gasteiger partial charge in [0.15, 0.2) is 0 Å². The van der Waals surface area contributed by atoms with E-state index in [0.29, 0.717) is 0 Å². The summed E-state index contributed by atoms with van der Waals surface area (Å²) in [6, 6.07) is 0. The average molecular weight is 173 g/mol. The number of hydrogen-bond acceptors (Lipinski definition) is 8. The molecule has 0 spiro atoms. The van der Waals surface area contributed by atoms with E-state index in [9.17, 15) is 0 Å². The number of carbonyl (C=O) groups is 1. The molecular formula is C4H11N7O. The molecule has 8 nitrogen and oxygen atoms in total. The van der Waals surface area contributed by atoms with Gasteiger partial charge in [-0.1, -0.05) is 0 Å². The van der Waals surface area contributed by atoms with Crippen molar-refractivity contribution in [1.82, 2.24) is 21.1 Å². The first-order valence-corrected chi connectivity index (χ1v) is 2.50. The van der Waals surface area contributed by atoms with Crippen LogP contribution in [0.3, 0.4) is 0 Å². The molecule has 0 bridgehead atoms. The summed E-state index contributed by atoms with van der Waals surface area (Å²) in [6.07, 6.45) is 0. The summed E-state index contributed by atoms with van der Waals surface area (Å²) < 4.78 is 0. The maximum absolute atomic E-state index is 8.00. The molecule has 1 heterocycles. The van der Waals surface area contributed by atoms with E-state index in [4.69, 9.17) is 22.0 Å². The van der Waals surface area contributed by atoms with Gasteiger partial charge in [-0.15, -0.1) is 0 Å². The fourth-order valence-corrected chi connectivity index (χ4v) is 0.427. The quantitative estimate of drug-likeness (QED) is 0.371. The van der Waals surface area contributed by atoms with Crippen molar-refractivity contribution >= 4 is 24.6 Å². The molecule has 1 aromatic rings. The van der Waals surface area contributed by atoms with Gasteiger partial charge in [0, 0.05) is 0 Å². The Kier molecular flexibility index (Phi) is 6.13. The first-order valence-electron chi connectivity index (χ1n) is 2.50. The second-order valence-electron chi connectivity index (χ2n) is 1.41. The molecule has 1 aromatic heterocycles. The highest BCUT2D eigenvalue weighted by molar-refractivity contribution is 5.33. The smallest absolute Gasteiger partial charge is 0.226 e. The minimum absolute atomic E-state index is 0. The summed E-state index contributed by atoms with van der Waals surface area (Å²) in [4.78, 5) is 18.5. The summed E-state index contributed by atoms with van der Waals surface area (Å²) in [5, 5.41) is 0. The van der Waals surface area contributed by atoms with Crippen molar-refractivity contribution in [1.29, 1.82) is 0 Å². The van der Waals surface area contributed by atoms with E-state index in [1.165, 1.54) is 0 Å². The van der Waals surface area contributed by atoms with E-state index in [0.717, 1.165) is 0 Å². The van der Waals surface area contributed by atoms with Crippen LogP contribution in [-0.2, 0) is 4.79 Å². The first-order chi connectivity index (χ1) is 5.18. The topological polar surface area (TPSA) is 169 Å². The lowest BCUT2D eigenvalue weighted by molar-refractivity contribution is -0.0979. The molecule has 0 unspecified atom stereocenters. The van der Waals surface area contributed by atoms with Crippen LogP contribution in [0, 0.1) is 0 Å². The molecule has 0 aromatic carbocycles. The Morgan fingerprint density at radius 2 is 1.00 bits per heavy atom. The molecule has 0 aliphatic carbocycles. The highest BCUT2D eigenvalue weighted by Gasteiger charge is 1.93. The highest BCUT2D eigenvalue weighted by atomic mass is 16.1. The molecule has 0 atom stereocenters. The molecular weight excluding hydrogens is 162 g/mol. The SMILES string of the molecule is C=O.N.Nc1nc(N)nc(N)n1. The largest absolute Gasteiger partial charge is 0.368 e. The number of carbonyl (C=O) groups excluding carboxylic acids is 1. The van der Waals surface area contributed by atoms with Gasteiger partial charge in [-0.2, -0.15) is 15.0 Å². The van der Waals surface area contributed by atoms with Crippen LogP contribution < -0.4 is 23.4 Å². The van der Waals surface area contributed by atoms with Crippen molar-refractivity contribution in [3.63, 3.8) is 0 Å². The number of nitrogens with two attached hydrogens (primary N) is 3. The van der Waals surface area contributed by atoms with Crippen LogP contribution in [-0.4, -0.2) is 21.7 Å². The standard InChI is InChI=1S/C3H6N6.CH2O.H3N/c4-1-7-2(5)9-3(6)8-1;1-2;/h(H6,4,5,6,7,8,9);1H2;1H3. The van der Waals surface area contributed by atoms with Crippen molar-refractivity contribution in [3.8, 4) is 0 Å². The number of rotatable bonds is 0. The van der Waals surface area contributed by atoms with E-state index < -0.39 is 0 Å². The number of nitrogens with zero attached hydrogens (tertiary/aromatic N) is 3. The fraction of sp³-hybridized carbons (Fsp3) is 0. The maximum Gasteiger partial charge on any atom is 0.226 e. The number of aromatic nitrogens is 3. The van der Waals surface area contributed by atoms with Gasteiger partial charge in [0.25, 0.3) is 0 Å². The third-order valence-electron chi connectivity index (χ3n) is 0.687. The Morgan fingerprint density at radius 3 is 1.17 bits per heavy atom. The second-order valence-corrected chi connectivity index (χ2v) is 1.41. The Morgan fingerprint density at radius 1 is 0.833 bits per heavy atom. The molecule has 0 saturated carbocycles. The van der Waals surface area contributed by atoms with Crippen LogP contribution in [0.4, 0.5) is 17.8 Å². The van der Waals surface area contributed by atoms with Gasteiger partial charge in [-0.25, -0.2) is 0 Å². The zero-order valence-electron chi connectivity index (χ0n) is 6.40. The van der Waals surface area contributed by atoms with Crippen molar-refractivity contribution in [2.45, 2.75) is 0 Å².